The van der Waals surface area contributed by atoms with Crippen LogP contribution >= 0.6 is 0 Å². The zero-order valence-corrected chi connectivity index (χ0v) is 9.68. The zero-order chi connectivity index (χ0) is 10.5. The molecule has 0 N–H and O–H groups in total. The summed E-state index contributed by atoms with van der Waals surface area (Å²) < 4.78 is 10.9. The summed E-state index contributed by atoms with van der Waals surface area (Å²) in [6.45, 7) is 13.0. The van der Waals surface area contributed by atoms with Crippen LogP contribution in [0.5, 0.6) is 0 Å². The quantitative estimate of drug-likeness (QED) is 0.639. The first-order valence-electron chi connectivity index (χ1n) is 4.85. The second kappa shape index (κ2) is 4.94. The minimum absolute atomic E-state index is 0.465. The van der Waals surface area contributed by atoms with Crippen LogP contribution in [0.15, 0.2) is 0 Å². The standard InChI is InChI=1S/C10H22NO2/c1-7-12-9(3,4)11-10(5,6)13-8-2/h7-8H2,1-6H3. The molecular weight excluding hydrogens is 166 g/mol. The Morgan fingerprint density at radius 1 is 0.846 bits per heavy atom. The summed E-state index contributed by atoms with van der Waals surface area (Å²) in [4.78, 5) is 0. The van der Waals surface area contributed by atoms with E-state index in [-0.39, 0.29) is 0 Å². The van der Waals surface area contributed by atoms with Gasteiger partial charge in [0.15, 0.2) is 0 Å². The van der Waals surface area contributed by atoms with E-state index >= 15 is 0 Å². The van der Waals surface area contributed by atoms with Gasteiger partial charge in [-0.25, -0.2) is 0 Å². The molecule has 0 aliphatic carbocycles. The molecule has 0 aliphatic heterocycles. The van der Waals surface area contributed by atoms with E-state index in [0.717, 1.165) is 0 Å². The van der Waals surface area contributed by atoms with Crippen LogP contribution in [0.25, 0.3) is 0 Å². The van der Waals surface area contributed by atoms with Crippen molar-refractivity contribution in [2.24, 2.45) is 0 Å². The molecule has 13 heavy (non-hydrogen) atoms. The van der Waals surface area contributed by atoms with Crippen LogP contribution in [0.1, 0.15) is 41.5 Å². The molecule has 3 heteroatoms. The van der Waals surface area contributed by atoms with Crippen LogP contribution in [0.4, 0.5) is 0 Å². The molecule has 0 saturated heterocycles. The van der Waals surface area contributed by atoms with Crippen LogP contribution in [-0.4, -0.2) is 24.7 Å². The summed E-state index contributed by atoms with van der Waals surface area (Å²) in [5.41, 5.74) is -0.930. The summed E-state index contributed by atoms with van der Waals surface area (Å²) in [5.74, 6) is 0. The summed E-state index contributed by atoms with van der Waals surface area (Å²) in [6, 6.07) is 0. The molecule has 0 aromatic rings. The Morgan fingerprint density at radius 2 is 1.15 bits per heavy atom. The highest BCUT2D eigenvalue weighted by Crippen LogP contribution is 2.16. The minimum Gasteiger partial charge on any atom is -0.360 e. The molecule has 0 fully saturated rings. The molecule has 0 unspecified atom stereocenters. The van der Waals surface area contributed by atoms with Gasteiger partial charge in [0, 0.05) is 13.2 Å². The second-order valence-electron chi connectivity index (χ2n) is 3.87. The SMILES string of the molecule is CCOC(C)(C)[N]C(C)(C)OCC. The number of ether oxygens (including phenoxy) is 2. The summed E-state index contributed by atoms with van der Waals surface area (Å²) in [5, 5.41) is 4.48. The summed E-state index contributed by atoms with van der Waals surface area (Å²) >= 11 is 0. The van der Waals surface area contributed by atoms with Crippen LogP contribution in [0.2, 0.25) is 0 Å². The molecule has 0 spiro atoms. The highest BCUT2D eigenvalue weighted by molar-refractivity contribution is 4.74. The Labute approximate surface area is 81.8 Å². The fourth-order valence-corrected chi connectivity index (χ4v) is 1.42. The van der Waals surface area contributed by atoms with Gasteiger partial charge in [-0.1, -0.05) is 0 Å². The number of nitrogens with zero attached hydrogens (tertiary/aromatic N) is 1. The van der Waals surface area contributed by atoms with Crippen molar-refractivity contribution in [3.8, 4) is 0 Å². The van der Waals surface area contributed by atoms with E-state index in [2.05, 4.69) is 5.32 Å². The van der Waals surface area contributed by atoms with Crippen molar-refractivity contribution >= 4 is 0 Å². The van der Waals surface area contributed by atoms with E-state index in [1.54, 1.807) is 0 Å². The maximum Gasteiger partial charge on any atom is 0.131 e. The molecule has 79 valence electrons. The highest BCUT2D eigenvalue weighted by atomic mass is 16.5. The minimum atomic E-state index is -0.465. The van der Waals surface area contributed by atoms with Crippen molar-refractivity contribution in [2.45, 2.75) is 53.0 Å². The smallest absolute Gasteiger partial charge is 0.131 e. The molecule has 0 heterocycles. The Bertz CT molecular complexity index is 128. The first kappa shape index (κ1) is 12.9. The van der Waals surface area contributed by atoms with Crippen molar-refractivity contribution < 1.29 is 9.47 Å². The van der Waals surface area contributed by atoms with Crippen molar-refractivity contribution in [3.05, 3.63) is 0 Å². The summed E-state index contributed by atoms with van der Waals surface area (Å²) in [6.07, 6.45) is 0. The molecule has 0 saturated carbocycles. The fraction of sp³-hybridized carbons (Fsp3) is 1.00. The third-order valence-electron chi connectivity index (χ3n) is 1.53. The van der Waals surface area contributed by atoms with Gasteiger partial charge in [0.05, 0.1) is 0 Å². The van der Waals surface area contributed by atoms with Gasteiger partial charge in [-0.05, 0) is 41.5 Å². The number of hydrogen-bond donors (Lipinski definition) is 0. The predicted molar refractivity (Wildman–Crippen MR) is 53.5 cm³/mol. The number of hydrogen-bond acceptors (Lipinski definition) is 2. The molecule has 0 rings (SSSR count). The first-order valence-corrected chi connectivity index (χ1v) is 4.85. The average molecular weight is 188 g/mol. The van der Waals surface area contributed by atoms with Gasteiger partial charge >= 0.3 is 0 Å². The molecule has 0 amide bonds. The third-order valence-corrected chi connectivity index (χ3v) is 1.53. The van der Waals surface area contributed by atoms with Crippen molar-refractivity contribution in [1.29, 1.82) is 0 Å². The van der Waals surface area contributed by atoms with E-state index in [1.807, 2.05) is 41.5 Å². The Hall–Kier alpha value is -0.120. The van der Waals surface area contributed by atoms with Gasteiger partial charge in [0.1, 0.15) is 11.4 Å². The van der Waals surface area contributed by atoms with E-state index in [4.69, 9.17) is 9.47 Å². The van der Waals surface area contributed by atoms with E-state index in [1.165, 1.54) is 0 Å². The molecular formula is C10H22NO2. The number of rotatable bonds is 6. The van der Waals surface area contributed by atoms with Gasteiger partial charge in [0.25, 0.3) is 0 Å². The molecule has 1 radical (unpaired) electrons. The van der Waals surface area contributed by atoms with E-state index < -0.39 is 11.4 Å². The monoisotopic (exact) mass is 188 g/mol. The molecule has 0 bridgehead atoms. The molecule has 3 nitrogen and oxygen atoms in total. The maximum atomic E-state index is 5.46. The third kappa shape index (κ3) is 6.02. The van der Waals surface area contributed by atoms with Crippen LogP contribution < -0.4 is 5.32 Å². The lowest BCUT2D eigenvalue weighted by Crippen LogP contribution is -2.49. The van der Waals surface area contributed by atoms with Gasteiger partial charge in [0.2, 0.25) is 0 Å². The normalized spacial score (nSPS) is 13.4. The van der Waals surface area contributed by atoms with Gasteiger partial charge in [-0.3, -0.25) is 0 Å². The van der Waals surface area contributed by atoms with Crippen LogP contribution in [-0.2, 0) is 9.47 Å². The Kier molecular flexibility index (Phi) is 4.89. The lowest BCUT2D eigenvalue weighted by Gasteiger charge is -2.34. The van der Waals surface area contributed by atoms with Gasteiger partial charge < -0.3 is 9.47 Å². The van der Waals surface area contributed by atoms with Gasteiger partial charge in [-0.2, -0.15) is 5.32 Å². The molecule has 0 atom stereocenters. The van der Waals surface area contributed by atoms with Gasteiger partial charge in [-0.15, -0.1) is 0 Å². The molecule has 0 aromatic carbocycles. The molecule has 0 aromatic heterocycles. The van der Waals surface area contributed by atoms with Crippen LogP contribution in [0, 0.1) is 0 Å². The Balaban J connectivity index is 4.07. The maximum absolute atomic E-state index is 5.46. The van der Waals surface area contributed by atoms with Crippen molar-refractivity contribution in [3.63, 3.8) is 0 Å². The predicted octanol–water partition coefficient (Wildman–Crippen LogP) is 2.14. The highest BCUT2D eigenvalue weighted by Gasteiger charge is 2.29. The lowest BCUT2D eigenvalue weighted by molar-refractivity contribution is -0.131. The largest absolute Gasteiger partial charge is 0.360 e. The summed E-state index contributed by atoms with van der Waals surface area (Å²) in [7, 11) is 0. The van der Waals surface area contributed by atoms with E-state index in [0.29, 0.717) is 13.2 Å². The van der Waals surface area contributed by atoms with Crippen LogP contribution in [0.3, 0.4) is 0 Å². The van der Waals surface area contributed by atoms with E-state index in [9.17, 15) is 0 Å². The van der Waals surface area contributed by atoms with Crippen molar-refractivity contribution in [1.82, 2.24) is 5.32 Å². The zero-order valence-electron chi connectivity index (χ0n) is 9.68. The fourth-order valence-electron chi connectivity index (χ4n) is 1.42. The Morgan fingerprint density at radius 3 is 1.38 bits per heavy atom. The average Bonchev–Trinajstić information content (AvgIpc) is 1.82. The van der Waals surface area contributed by atoms with Crippen molar-refractivity contribution in [2.75, 3.05) is 13.2 Å². The second-order valence-corrected chi connectivity index (χ2v) is 3.87. The lowest BCUT2D eigenvalue weighted by atomic mass is 10.2. The first-order chi connectivity index (χ1) is 5.83. The molecule has 0 aliphatic rings. The topological polar surface area (TPSA) is 32.6 Å².